The Morgan fingerprint density at radius 2 is 2.22 bits per heavy atom. The second-order valence-corrected chi connectivity index (χ2v) is 7.60. The summed E-state index contributed by atoms with van der Waals surface area (Å²) in [5, 5.41) is 19.9. The average molecular weight is 370 g/mol. The maximum Gasteiger partial charge on any atom is 0.239 e. The van der Waals surface area contributed by atoms with Gasteiger partial charge in [0.1, 0.15) is 11.5 Å². The monoisotopic (exact) mass is 370 g/mol. The van der Waals surface area contributed by atoms with E-state index in [1.807, 2.05) is 4.90 Å². The van der Waals surface area contributed by atoms with E-state index in [0.717, 1.165) is 37.7 Å². The fraction of sp³-hybridized carbons (Fsp3) is 0.556. The van der Waals surface area contributed by atoms with E-state index in [9.17, 15) is 9.90 Å². The number of amides is 1. The molecule has 2 unspecified atom stereocenters. The second kappa shape index (κ2) is 5.91. The lowest BCUT2D eigenvalue weighted by atomic mass is 9.92. The van der Waals surface area contributed by atoms with Gasteiger partial charge in [-0.25, -0.2) is 10.1 Å². The highest BCUT2D eigenvalue weighted by molar-refractivity contribution is 6.09. The van der Waals surface area contributed by atoms with Gasteiger partial charge in [0.05, 0.1) is 24.8 Å². The first-order chi connectivity index (χ1) is 13.1. The molecule has 0 aromatic carbocycles. The first-order valence-corrected chi connectivity index (χ1v) is 9.36. The van der Waals surface area contributed by atoms with Crippen LogP contribution in [-0.4, -0.2) is 50.4 Å². The SMILES string of the molecule is COc1[nH]ncc1Nc1ncc2c(n1)N(C1CCCC(O)C1)C(=O)C21CC1. The normalized spacial score (nSPS) is 25.6. The number of H-pyrrole nitrogens is 1. The van der Waals surface area contributed by atoms with Gasteiger partial charge in [-0.1, -0.05) is 0 Å². The number of hydrogen-bond donors (Lipinski definition) is 3. The van der Waals surface area contributed by atoms with Crippen molar-refractivity contribution in [1.82, 2.24) is 20.2 Å². The number of nitrogens with zero attached hydrogens (tertiary/aromatic N) is 4. The molecule has 9 nitrogen and oxygen atoms in total. The van der Waals surface area contributed by atoms with Crippen molar-refractivity contribution in [3.63, 3.8) is 0 Å². The number of hydrogen-bond acceptors (Lipinski definition) is 7. The van der Waals surface area contributed by atoms with Gasteiger partial charge >= 0.3 is 0 Å². The quantitative estimate of drug-likeness (QED) is 0.749. The zero-order valence-electron chi connectivity index (χ0n) is 15.1. The molecular formula is C18H22N6O3. The highest BCUT2D eigenvalue weighted by Gasteiger charge is 2.61. The van der Waals surface area contributed by atoms with Crippen molar-refractivity contribution in [3.05, 3.63) is 18.0 Å². The number of aliphatic hydroxyl groups excluding tert-OH is 1. The largest absolute Gasteiger partial charge is 0.480 e. The fourth-order valence-electron chi connectivity index (χ4n) is 4.36. The van der Waals surface area contributed by atoms with E-state index in [2.05, 4.69) is 25.5 Å². The molecule has 3 aliphatic rings. The van der Waals surface area contributed by atoms with E-state index in [0.29, 0.717) is 29.8 Å². The lowest BCUT2D eigenvalue weighted by molar-refractivity contribution is -0.121. The molecule has 1 aliphatic heterocycles. The molecule has 0 radical (unpaired) electrons. The summed E-state index contributed by atoms with van der Waals surface area (Å²) in [6, 6.07) is -0.00816. The third kappa shape index (κ3) is 2.48. The molecular weight excluding hydrogens is 348 g/mol. The van der Waals surface area contributed by atoms with Gasteiger partial charge < -0.3 is 15.2 Å². The number of carbonyl (C=O) groups excluding carboxylic acids is 1. The number of nitrogens with one attached hydrogen (secondary N) is 2. The molecule has 2 aromatic heterocycles. The molecule has 5 rings (SSSR count). The molecule has 2 saturated carbocycles. The molecule has 3 N–H and O–H groups in total. The van der Waals surface area contributed by atoms with Gasteiger partial charge in [-0.15, -0.1) is 0 Å². The topological polar surface area (TPSA) is 116 Å². The van der Waals surface area contributed by atoms with E-state index in [4.69, 9.17) is 4.74 Å². The Balaban J connectivity index is 1.51. The zero-order valence-corrected chi connectivity index (χ0v) is 15.1. The summed E-state index contributed by atoms with van der Waals surface area (Å²) in [6.45, 7) is 0. The van der Waals surface area contributed by atoms with E-state index >= 15 is 0 Å². The summed E-state index contributed by atoms with van der Waals surface area (Å²) < 4.78 is 5.21. The van der Waals surface area contributed by atoms with E-state index in [1.165, 1.54) is 0 Å². The molecule has 1 spiro atoms. The number of methoxy groups -OCH3 is 1. The zero-order chi connectivity index (χ0) is 18.6. The molecule has 3 heterocycles. The number of aromatic nitrogens is 4. The number of ether oxygens (including phenoxy) is 1. The van der Waals surface area contributed by atoms with Crippen molar-refractivity contribution in [2.24, 2.45) is 0 Å². The Hall–Kier alpha value is -2.68. The summed E-state index contributed by atoms with van der Waals surface area (Å²) in [5.74, 6) is 1.67. The molecule has 142 valence electrons. The van der Waals surface area contributed by atoms with Gasteiger partial charge in [0.2, 0.25) is 17.7 Å². The van der Waals surface area contributed by atoms with Crippen LogP contribution >= 0.6 is 0 Å². The number of anilines is 3. The minimum Gasteiger partial charge on any atom is -0.480 e. The van der Waals surface area contributed by atoms with E-state index < -0.39 is 5.41 Å². The number of rotatable bonds is 4. The van der Waals surface area contributed by atoms with Crippen molar-refractivity contribution in [3.8, 4) is 5.88 Å². The van der Waals surface area contributed by atoms with Crippen LogP contribution in [0.2, 0.25) is 0 Å². The molecule has 27 heavy (non-hydrogen) atoms. The van der Waals surface area contributed by atoms with Gasteiger partial charge in [0, 0.05) is 17.8 Å². The van der Waals surface area contributed by atoms with Crippen molar-refractivity contribution in [2.45, 2.75) is 56.1 Å². The fourth-order valence-corrected chi connectivity index (χ4v) is 4.36. The molecule has 1 amide bonds. The minimum absolute atomic E-state index is 0.00816. The van der Waals surface area contributed by atoms with Crippen LogP contribution in [0.3, 0.4) is 0 Å². The standard InChI is InChI=1S/C18H22N6O3/c1-27-15-13(9-20-23-15)21-17-19-8-12-14(22-17)24(16(26)18(12)5-6-18)10-3-2-4-11(25)7-10/h8-11,25H,2-7H2,1H3,(H,20,23)(H,19,21,22). The minimum atomic E-state index is -0.441. The van der Waals surface area contributed by atoms with Crippen molar-refractivity contribution in [1.29, 1.82) is 0 Å². The van der Waals surface area contributed by atoms with Crippen LogP contribution in [0.15, 0.2) is 12.4 Å². The van der Waals surface area contributed by atoms with Crippen LogP contribution in [0.1, 0.15) is 44.1 Å². The van der Waals surface area contributed by atoms with Crippen LogP contribution in [0.25, 0.3) is 0 Å². The van der Waals surface area contributed by atoms with Crippen LogP contribution in [0, 0.1) is 0 Å². The second-order valence-electron chi connectivity index (χ2n) is 7.60. The molecule has 2 aromatic rings. The van der Waals surface area contributed by atoms with Gasteiger partial charge in [0.25, 0.3) is 0 Å². The lowest BCUT2D eigenvalue weighted by Crippen LogP contribution is -2.44. The first kappa shape index (κ1) is 16.5. The van der Waals surface area contributed by atoms with E-state index in [1.54, 1.807) is 19.5 Å². The molecule has 2 atom stereocenters. The Morgan fingerprint density at radius 1 is 1.37 bits per heavy atom. The number of fused-ring (bicyclic) bond motifs is 2. The summed E-state index contributed by atoms with van der Waals surface area (Å²) in [6.07, 6.45) is 7.90. The molecule has 2 fully saturated rings. The van der Waals surface area contributed by atoms with Crippen molar-refractivity contribution < 1.29 is 14.6 Å². The number of carbonyl (C=O) groups is 1. The highest BCUT2D eigenvalue weighted by atomic mass is 16.5. The Kier molecular flexibility index (Phi) is 3.61. The lowest BCUT2D eigenvalue weighted by Gasteiger charge is -2.33. The molecule has 9 heteroatoms. The van der Waals surface area contributed by atoms with Crippen LogP contribution in [0.5, 0.6) is 5.88 Å². The number of aliphatic hydroxyl groups is 1. The van der Waals surface area contributed by atoms with Crippen LogP contribution in [0.4, 0.5) is 17.5 Å². The van der Waals surface area contributed by atoms with Crippen molar-refractivity contribution in [2.75, 3.05) is 17.3 Å². The molecule has 2 aliphatic carbocycles. The summed E-state index contributed by atoms with van der Waals surface area (Å²) in [7, 11) is 1.55. The summed E-state index contributed by atoms with van der Waals surface area (Å²) >= 11 is 0. The third-order valence-electron chi connectivity index (χ3n) is 5.93. The van der Waals surface area contributed by atoms with Crippen LogP contribution in [-0.2, 0) is 10.2 Å². The predicted octanol–water partition coefficient (Wildman–Crippen LogP) is 1.63. The maximum atomic E-state index is 13.2. The van der Waals surface area contributed by atoms with Gasteiger partial charge in [-0.2, -0.15) is 10.1 Å². The highest BCUT2D eigenvalue weighted by Crippen LogP contribution is 2.57. The first-order valence-electron chi connectivity index (χ1n) is 9.36. The molecule has 0 bridgehead atoms. The van der Waals surface area contributed by atoms with Gasteiger partial charge in [-0.3, -0.25) is 9.69 Å². The van der Waals surface area contributed by atoms with Crippen LogP contribution < -0.4 is 15.0 Å². The average Bonchev–Trinajstić information content (AvgIpc) is 3.28. The van der Waals surface area contributed by atoms with Gasteiger partial charge in [0.15, 0.2) is 0 Å². The number of aromatic amines is 1. The Bertz CT molecular complexity index is 893. The van der Waals surface area contributed by atoms with Crippen molar-refractivity contribution >= 4 is 23.4 Å². The molecule has 0 saturated heterocycles. The summed E-state index contributed by atoms with van der Waals surface area (Å²) in [5.41, 5.74) is 1.10. The third-order valence-corrected chi connectivity index (χ3v) is 5.93. The summed E-state index contributed by atoms with van der Waals surface area (Å²) in [4.78, 5) is 24.1. The smallest absolute Gasteiger partial charge is 0.239 e. The predicted molar refractivity (Wildman–Crippen MR) is 97.1 cm³/mol. The van der Waals surface area contributed by atoms with Gasteiger partial charge in [-0.05, 0) is 38.5 Å². The maximum absolute atomic E-state index is 13.2. The Morgan fingerprint density at radius 3 is 2.96 bits per heavy atom. The van der Waals surface area contributed by atoms with E-state index in [-0.39, 0.29) is 18.1 Å². The Labute approximate surface area is 156 Å².